The number of rotatable bonds is 5. The Hall–Kier alpha value is -1.65. The van der Waals surface area contributed by atoms with Gasteiger partial charge in [0.05, 0.1) is 6.42 Å². The second kappa shape index (κ2) is 5.29. The number of aromatic nitrogens is 2. The van der Waals surface area contributed by atoms with Gasteiger partial charge in [0, 0.05) is 26.2 Å². The summed E-state index contributed by atoms with van der Waals surface area (Å²) in [6, 6.07) is 1.78. The van der Waals surface area contributed by atoms with Gasteiger partial charge in [0.25, 0.3) is 0 Å². The maximum absolute atomic E-state index is 10.4. The molecule has 0 bridgehead atoms. The van der Waals surface area contributed by atoms with Crippen molar-refractivity contribution >= 4 is 11.8 Å². The third kappa shape index (κ3) is 3.53. The molecule has 0 saturated carbocycles. The van der Waals surface area contributed by atoms with E-state index >= 15 is 0 Å². The second-order valence-corrected chi connectivity index (χ2v) is 3.25. The van der Waals surface area contributed by atoms with Gasteiger partial charge in [-0.15, -0.1) is 0 Å². The van der Waals surface area contributed by atoms with E-state index in [2.05, 4.69) is 9.97 Å². The first-order valence-electron chi connectivity index (χ1n) is 4.88. The standard InChI is InChI=1S/C10H15N3O2/c1-3-8-11-6-4-9(12-8)13(2)7-5-10(14)15/h4,6H,3,5,7H2,1-2H3,(H,14,15). The van der Waals surface area contributed by atoms with Crippen LogP contribution in [0.1, 0.15) is 19.2 Å². The van der Waals surface area contributed by atoms with E-state index in [1.807, 2.05) is 18.9 Å². The summed E-state index contributed by atoms with van der Waals surface area (Å²) in [4.78, 5) is 20.6. The zero-order valence-corrected chi connectivity index (χ0v) is 8.97. The van der Waals surface area contributed by atoms with Crippen molar-refractivity contribution in [1.82, 2.24) is 9.97 Å². The van der Waals surface area contributed by atoms with Crippen molar-refractivity contribution in [3.63, 3.8) is 0 Å². The fourth-order valence-electron chi connectivity index (χ4n) is 1.15. The molecule has 0 atom stereocenters. The molecule has 0 radical (unpaired) electrons. The molecule has 1 heterocycles. The highest BCUT2D eigenvalue weighted by Gasteiger charge is 2.05. The topological polar surface area (TPSA) is 66.3 Å². The molecule has 5 heteroatoms. The number of carbonyl (C=O) groups is 1. The first kappa shape index (κ1) is 11.4. The molecular formula is C10H15N3O2. The van der Waals surface area contributed by atoms with Gasteiger partial charge in [-0.3, -0.25) is 4.79 Å². The summed E-state index contributed by atoms with van der Waals surface area (Å²) in [5.74, 6) is 0.740. The quantitative estimate of drug-likeness (QED) is 0.782. The number of hydrogen-bond acceptors (Lipinski definition) is 4. The number of nitrogens with zero attached hydrogens (tertiary/aromatic N) is 3. The monoisotopic (exact) mass is 209 g/mol. The summed E-state index contributed by atoms with van der Waals surface area (Å²) in [7, 11) is 1.82. The maximum Gasteiger partial charge on any atom is 0.305 e. The highest BCUT2D eigenvalue weighted by Crippen LogP contribution is 2.08. The molecule has 1 aromatic heterocycles. The van der Waals surface area contributed by atoms with Gasteiger partial charge in [-0.1, -0.05) is 6.92 Å². The molecule has 0 saturated heterocycles. The van der Waals surface area contributed by atoms with Crippen molar-refractivity contribution in [1.29, 1.82) is 0 Å². The van der Waals surface area contributed by atoms with Crippen molar-refractivity contribution < 1.29 is 9.90 Å². The minimum absolute atomic E-state index is 0.113. The first-order valence-corrected chi connectivity index (χ1v) is 4.88. The summed E-state index contributed by atoms with van der Waals surface area (Å²) >= 11 is 0. The fraction of sp³-hybridized carbons (Fsp3) is 0.500. The number of carboxylic acids is 1. The Balaban J connectivity index is 2.64. The normalized spacial score (nSPS) is 10.0. The Morgan fingerprint density at radius 1 is 1.60 bits per heavy atom. The average Bonchev–Trinajstić information content (AvgIpc) is 2.26. The van der Waals surface area contributed by atoms with Crippen LogP contribution in [0.25, 0.3) is 0 Å². The van der Waals surface area contributed by atoms with Gasteiger partial charge in [0.15, 0.2) is 0 Å². The van der Waals surface area contributed by atoms with E-state index in [1.165, 1.54) is 0 Å². The Morgan fingerprint density at radius 3 is 2.93 bits per heavy atom. The van der Waals surface area contributed by atoms with Crippen molar-refractivity contribution in [2.24, 2.45) is 0 Å². The first-order chi connectivity index (χ1) is 7.13. The molecule has 82 valence electrons. The third-order valence-corrected chi connectivity index (χ3v) is 2.06. The summed E-state index contributed by atoms with van der Waals surface area (Å²) in [5.41, 5.74) is 0. The van der Waals surface area contributed by atoms with Crippen LogP contribution in [0.2, 0.25) is 0 Å². The van der Waals surface area contributed by atoms with E-state index in [9.17, 15) is 4.79 Å². The third-order valence-electron chi connectivity index (χ3n) is 2.06. The van der Waals surface area contributed by atoms with E-state index in [0.29, 0.717) is 6.54 Å². The molecule has 1 aromatic rings. The van der Waals surface area contributed by atoms with Crippen LogP contribution in [0.3, 0.4) is 0 Å². The minimum atomic E-state index is -0.799. The zero-order valence-electron chi connectivity index (χ0n) is 8.97. The van der Waals surface area contributed by atoms with Gasteiger partial charge in [-0.25, -0.2) is 9.97 Å². The fourth-order valence-corrected chi connectivity index (χ4v) is 1.15. The van der Waals surface area contributed by atoms with Crippen LogP contribution in [0, 0.1) is 0 Å². The lowest BCUT2D eigenvalue weighted by atomic mass is 10.4. The van der Waals surface area contributed by atoms with Crippen LogP contribution in [0.5, 0.6) is 0 Å². The molecule has 0 aromatic carbocycles. The molecule has 0 aliphatic carbocycles. The molecule has 5 nitrogen and oxygen atoms in total. The van der Waals surface area contributed by atoms with Crippen molar-refractivity contribution in [3.05, 3.63) is 18.1 Å². The van der Waals surface area contributed by atoms with Crippen molar-refractivity contribution in [2.45, 2.75) is 19.8 Å². The zero-order chi connectivity index (χ0) is 11.3. The summed E-state index contributed by atoms with van der Waals surface area (Å²) in [6.45, 7) is 2.44. The Labute approximate surface area is 88.8 Å². The molecular weight excluding hydrogens is 194 g/mol. The van der Waals surface area contributed by atoms with Crippen LogP contribution in [0.15, 0.2) is 12.3 Å². The van der Waals surface area contributed by atoms with Crippen LogP contribution in [-0.4, -0.2) is 34.6 Å². The van der Waals surface area contributed by atoms with Gasteiger partial charge in [0.2, 0.25) is 0 Å². The molecule has 15 heavy (non-hydrogen) atoms. The van der Waals surface area contributed by atoms with Crippen LogP contribution in [0.4, 0.5) is 5.82 Å². The minimum Gasteiger partial charge on any atom is -0.481 e. The molecule has 0 fully saturated rings. The molecule has 0 aliphatic heterocycles. The summed E-state index contributed by atoms with van der Waals surface area (Å²) in [6.07, 6.45) is 2.58. The smallest absolute Gasteiger partial charge is 0.305 e. The highest BCUT2D eigenvalue weighted by molar-refractivity contribution is 5.67. The van der Waals surface area contributed by atoms with Crippen molar-refractivity contribution in [2.75, 3.05) is 18.5 Å². The molecule has 1 N–H and O–H groups in total. The van der Waals surface area contributed by atoms with Gasteiger partial charge in [-0.2, -0.15) is 0 Å². The summed E-state index contributed by atoms with van der Waals surface area (Å²) < 4.78 is 0. The largest absolute Gasteiger partial charge is 0.481 e. The summed E-state index contributed by atoms with van der Waals surface area (Å²) in [5, 5.41) is 8.55. The van der Waals surface area contributed by atoms with Crippen LogP contribution >= 0.6 is 0 Å². The van der Waals surface area contributed by atoms with Gasteiger partial charge < -0.3 is 10.0 Å². The molecule has 0 aliphatic rings. The second-order valence-electron chi connectivity index (χ2n) is 3.25. The number of aryl methyl sites for hydroxylation is 1. The van der Waals surface area contributed by atoms with E-state index in [0.717, 1.165) is 18.1 Å². The lowest BCUT2D eigenvalue weighted by Crippen LogP contribution is -2.22. The Kier molecular flexibility index (Phi) is 4.03. The van der Waals surface area contributed by atoms with Crippen molar-refractivity contribution in [3.8, 4) is 0 Å². The number of carboxylic acid groups (broad SMARTS) is 1. The molecule has 0 amide bonds. The number of anilines is 1. The molecule has 1 rings (SSSR count). The number of aliphatic carboxylic acids is 1. The van der Waals surface area contributed by atoms with Crippen LogP contribution < -0.4 is 4.90 Å². The van der Waals surface area contributed by atoms with Gasteiger partial charge in [0.1, 0.15) is 11.6 Å². The predicted octanol–water partition coefficient (Wildman–Crippen LogP) is 0.950. The predicted molar refractivity (Wildman–Crippen MR) is 56.9 cm³/mol. The average molecular weight is 209 g/mol. The molecule has 0 spiro atoms. The lowest BCUT2D eigenvalue weighted by molar-refractivity contribution is -0.136. The highest BCUT2D eigenvalue weighted by atomic mass is 16.4. The van der Waals surface area contributed by atoms with Gasteiger partial charge >= 0.3 is 5.97 Å². The van der Waals surface area contributed by atoms with E-state index < -0.39 is 5.97 Å². The van der Waals surface area contributed by atoms with E-state index in [4.69, 9.17) is 5.11 Å². The van der Waals surface area contributed by atoms with Crippen LogP contribution in [-0.2, 0) is 11.2 Å². The lowest BCUT2D eigenvalue weighted by Gasteiger charge is -2.16. The Morgan fingerprint density at radius 2 is 2.33 bits per heavy atom. The van der Waals surface area contributed by atoms with E-state index in [1.54, 1.807) is 12.3 Å². The van der Waals surface area contributed by atoms with E-state index in [-0.39, 0.29) is 6.42 Å². The maximum atomic E-state index is 10.4. The SMILES string of the molecule is CCc1nccc(N(C)CCC(=O)O)n1. The number of hydrogen-bond donors (Lipinski definition) is 1. The molecule has 0 unspecified atom stereocenters. The Bertz CT molecular complexity index is 341. The van der Waals surface area contributed by atoms with Gasteiger partial charge in [-0.05, 0) is 6.07 Å².